The molecule has 0 radical (unpaired) electrons. The molecule has 9 heteroatoms. The fraction of sp³-hybridized carbons (Fsp3) is 0.158. The standard InChI is InChI=1S/C19H14ClN5O3/c1-9-13(7-24-18-17(9)25(19(26)27)2-3-28-18)11-4-10-5-15(22)23-8-14(10)16(20)12(11)6-21/h4-5,7-8H,2-3H2,1H3,(H2,22,23)(H,26,27). The van der Waals surface area contributed by atoms with Crippen LogP contribution in [-0.4, -0.2) is 34.3 Å². The molecule has 0 aliphatic carbocycles. The molecule has 4 rings (SSSR count). The average molecular weight is 396 g/mol. The largest absolute Gasteiger partial charge is 0.474 e. The summed E-state index contributed by atoms with van der Waals surface area (Å²) in [5, 5.41) is 20.8. The van der Waals surface area contributed by atoms with Crippen molar-refractivity contribution in [3.05, 3.63) is 40.7 Å². The number of hydrogen-bond acceptors (Lipinski definition) is 6. The van der Waals surface area contributed by atoms with E-state index in [9.17, 15) is 15.2 Å². The van der Waals surface area contributed by atoms with Crippen LogP contribution in [-0.2, 0) is 0 Å². The van der Waals surface area contributed by atoms with Crippen molar-refractivity contribution >= 4 is 40.0 Å². The first-order valence-electron chi connectivity index (χ1n) is 8.33. The number of halogens is 1. The summed E-state index contributed by atoms with van der Waals surface area (Å²) in [4.78, 5) is 21.2. The van der Waals surface area contributed by atoms with Gasteiger partial charge in [-0.15, -0.1) is 0 Å². The first-order chi connectivity index (χ1) is 13.4. The molecule has 1 amide bonds. The molecule has 0 fully saturated rings. The molecule has 140 valence electrons. The minimum atomic E-state index is -1.09. The van der Waals surface area contributed by atoms with Gasteiger partial charge in [0.05, 0.1) is 17.1 Å². The van der Waals surface area contributed by atoms with E-state index in [1.165, 1.54) is 11.1 Å². The molecular weight excluding hydrogens is 382 g/mol. The van der Waals surface area contributed by atoms with Gasteiger partial charge in [-0.1, -0.05) is 11.6 Å². The quantitative estimate of drug-likeness (QED) is 0.644. The van der Waals surface area contributed by atoms with Crippen LogP contribution in [0.5, 0.6) is 5.88 Å². The van der Waals surface area contributed by atoms with E-state index in [0.717, 1.165) is 5.39 Å². The summed E-state index contributed by atoms with van der Waals surface area (Å²) in [6.45, 7) is 2.18. The molecule has 2 aromatic heterocycles. The molecule has 0 saturated carbocycles. The number of rotatable bonds is 1. The maximum absolute atomic E-state index is 11.7. The molecule has 0 atom stereocenters. The second-order valence-electron chi connectivity index (χ2n) is 6.29. The smallest absolute Gasteiger partial charge is 0.412 e. The summed E-state index contributed by atoms with van der Waals surface area (Å²) < 4.78 is 5.51. The Kier molecular flexibility index (Phi) is 4.17. The first kappa shape index (κ1) is 17.8. The molecule has 28 heavy (non-hydrogen) atoms. The number of fused-ring (bicyclic) bond motifs is 2. The third-order valence-corrected chi connectivity index (χ3v) is 5.10. The van der Waals surface area contributed by atoms with Gasteiger partial charge in [-0.05, 0) is 30.0 Å². The lowest BCUT2D eigenvalue weighted by molar-refractivity contribution is 0.196. The molecule has 8 nitrogen and oxygen atoms in total. The van der Waals surface area contributed by atoms with Crippen LogP contribution in [0.3, 0.4) is 0 Å². The Bertz CT molecular complexity index is 1190. The summed E-state index contributed by atoms with van der Waals surface area (Å²) in [7, 11) is 0. The number of benzene rings is 1. The Balaban J connectivity index is 2.02. The number of ether oxygens (including phenoxy) is 1. The van der Waals surface area contributed by atoms with E-state index in [4.69, 9.17) is 22.1 Å². The number of nitrogens with two attached hydrogens (primary N) is 1. The SMILES string of the molecule is Cc1c(-c2cc3cc(N)ncc3c(Cl)c2C#N)cnc2c1N(C(=O)O)CCO2. The lowest BCUT2D eigenvalue weighted by atomic mass is 9.94. The van der Waals surface area contributed by atoms with Crippen LogP contribution >= 0.6 is 11.6 Å². The number of nitrogens with zero attached hydrogens (tertiary/aromatic N) is 4. The van der Waals surface area contributed by atoms with E-state index in [-0.39, 0.29) is 29.6 Å². The maximum Gasteiger partial charge on any atom is 0.412 e. The molecule has 0 bridgehead atoms. The summed E-state index contributed by atoms with van der Waals surface area (Å²) in [6, 6.07) is 5.58. The molecule has 1 aliphatic heterocycles. The molecule has 3 heterocycles. The fourth-order valence-corrected chi connectivity index (χ4v) is 3.70. The van der Waals surface area contributed by atoms with Gasteiger partial charge in [0.25, 0.3) is 0 Å². The van der Waals surface area contributed by atoms with Gasteiger partial charge in [-0.3, -0.25) is 4.90 Å². The van der Waals surface area contributed by atoms with Gasteiger partial charge in [0.1, 0.15) is 24.2 Å². The maximum atomic E-state index is 11.7. The number of nitrogen functional groups attached to an aromatic ring is 1. The molecule has 0 saturated heterocycles. The normalized spacial score (nSPS) is 13.0. The van der Waals surface area contributed by atoms with Gasteiger partial charge < -0.3 is 15.6 Å². The predicted octanol–water partition coefficient (Wildman–Crippen LogP) is 3.59. The van der Waals surface area contributed by atoms with Gasteiger partial charge in [-0.2, -0.15) is 5.26 Å². The molecule has 3 N–H and O–H groups in total. The van der Waals surface area contributed by atoms with Crippen molar-refractivity contribution in [2.24, 2.45) is 0 Å². The highest BCUT2D eigenvalue weighted by Gasteiger charge is 2.28. The number of anilines is 2. The Hall–Kier alpha value is -3.57. The Morgan fingerprint density at radius 2 is 2.14 bits per heavy atom. The zero-order valence-electron chi connectivity index (χ0n) is 14.7. The number of aromatic nitrogens is 2. The molecule has 0 unspecified atom stereocenters. The van der Waals surface area contributed by atoms with Crippen molar-refractivity contribution in [3.63, 3.8) is 0 Å². The van der Waals surface area contributed by atoms with E-state index in [1.807, 2.05) is 0 Å². The van der Waals surface area contributed by atoms with Crippen LogP contribution in [0.4, 0.5) is 16.3 Å². The second-order valence-corrected chi connectivity index (χ2v) is 6.67. The van der Waals surface area contributed by atoms with Crippen molar-refractivity contribution < 1.29 is 14.6 Å². The summed E-state index contributed by atoms with van der Waals surface area (Å²) in [6.07, 6.45) is 1.99. The molecular formula is C19H14ClN5O3. The van der Waals surface area contributed by atoms with Gasteiger partial charge in [0, 0.05) is 28.9 Å². The van der Waals surface area contributed by atoms with Crippen LogP contribution in [0.2, 0.25) is 5.02 Å². The minimum Gasteiger partial charge on any atom is -0.474 e. The van der Waals surface area contributed by atoms with Crippen LogP contribution in [0.15, 0.2) is 24.5 Å². The number of carboxylic acid groups (broad SMARTS) is 1. The molecule has 1 aliphatic rings. The monoisotopic (exact) mass is 395 g/mol. The van der Waals surface area contributed by atoms with Crippen LogP contribution in [0.25, 0.3) is 21.9 Å². The van der Waals surface area contributed by atoms with E-state index >= 15 is 0 Å². The Labute approximate surface area is 164 Å². The van der Waals surface area contributed by atoms with Crippen LogP contribution in [0.1, 0.15) is 11.1 Å². The Morgan fingerprint density at radius 1 is 1.36 bits per heavy atom. The van der Waals surface area contributed by atoms with Crippen molar-refractivity contribution in [2.75, 3.05) is 23.8 Å². The molecule has 1 aromatic carbocycles. The van der Waals surface area contributed by atoms with E-state index in [2.05, 4.69) is 16.0 Å². The van der Waals surface area contributed by atoms with Crippen molar-refractivity contribution in [1.82, 2.24) is 9.97 Å². The number of nitriles is 1. The molecule has 0 spiro atoms. The zero-order chi connectivity index (χ0) is 20.0. The fourth-order valence-electron chi connectivity index (χ4n) is 3.39. The van der Waals surface area contributed by atoms with E-state index in [1.54, 1.807) is 25.3 Å². The van der Waals surface area contributed by atoms with Crippen molar-refractivity contribution in [3.8, 4) is 23.1 Å². The van der Waals surface area contributed by atoms with Crippen LogP contribution in [0, 0.1) is 18.3 Å². The van der Waals surface area contributed by atoms with Gasteiger partial charge in [0.2, 0.25) is 5.88 Å². The lowest BCUT2D eigenvalue weighted by Gasteiger charge is -2.29. The predicted molar refractivity (Wildman–Crippen MR) is 105 cm³/mol. The highest BCUT2D eigenvalue weighted by atomic mass is 35.5. The summed E-state index contributed by atoms with van der Waals surface area (Å²) >= 11 is 6.47. The molecule has 3 aromatic rings. The van der Waals surface area contributed by atoms with Crippen molar-refractivity contribution in [2.45, 2.75) is 6.92 Å². The third-order valence-electron chi connectivity index (χ3n) is 4.71. The van der Waals surface area contributed by atoms with Crippen molar-refractivity contribution in [1.29, 1.82) is 5.26 Å². The number of amides is 1. The van der Waals surface area contributed by atoms with Gasteiger partial charge >= 0.3 is 6.09 Å². The van der Waals surface area contributed by atoms with Crippen LogP contribution < -0.4 is 15.4 Å². The number of carbonyl (C=O) groups is 1. The average Bonchev–Trinajstić information content (AvgIpc) is 2.67. The van der Waals surface area contributed by atoms with Gasteiger partial charge in [0.15, 0.2) is 0 Å². The zero-order valence-corrected chi connectivity index (χ0v) is 15.5. The summed E-state index contributed by atoms with van der Waals surface area (Å²) in [5.41, 5.74) is 8.16. The highest BCUT2D eigenvalue weighted by Crippen LogP contribution is 2.42. The van der Waals surface area contributed by atoms with E-state index < -0.39 is 6.09 Å². The van der Waals surface area contributed by atoms with Gasteiger partial charge in [-0.25, -0.2) is 14.8 Å². The Morgan fingerprint density at radius 3 is 2.86 bits per heavy atom. The number of pyridine rings is 2. The van der Waals surface area contributed by atoms with E-state index in [0.29, 0.717) is 33.6 Å². The number of hydrogen-bond donors (Lipinski definition) is 2. The third kappa shape index (κ3) is 2.64. The minimum absolute atomic E-state index is 0.195. The highest BCUT2D eigenvalue weighted by molar-refractivity contribution is 6.37. The summed E-state index contributed by atoms with van der Waals surface area (Å²) in [5.74, 6) is 0.568. The topological polar surface area (TPSA) is 125 Å². The second kappa shape index (κ2) is 6.55. The first-order valence-corrected chi connectivity index (χ1v) is 8.71. The lowest BCUT2D eigenvalue weighted by Crippen LogP contribution is -2.37.